The maximum atomic E-state index is 12.1. The van der Waals surface area contributed by atoms with Crippen molar-refractivity contribution < 1.29 is 33.2 Å². The van der Waals surface area contributed by atoms with Gasteiger partial charge in [-0.15, -0.1) is 0 Å². The van der Waals surface area contributed by atoms with Crippen LogP contribution < -0.4 is 14.9 Å². The van der Waals surface area contributed by atoms with E-state index in [0.29, 0.717) is 30.8 Å². The van der Waals surface area contributed by atoms with Crippen LogP contribution in [0.2, 0.25) is 0 Å². The Bertz CT molecular complexity index is 1240. The fraction of sp³-hybridized carbons (Fsp3) is 0.300. The van der Waals surface area contributed by atoms with E-state index in [-0.39, 0.29) is 13.1 Å². The molecule has 0 aliphatic heterocycles. The van der Waals surface area contributed by atoms with Gasteiger partial charge in [-0.25, -0.2) is 0 Å². The average molecular weight is 531 g/mol. The second-order valence-electron chi connectivity index (χ2n) is 9.21. The van der Waals surface area contributed by atoms with Crippen molar-refractivity contribution in [1.29, 1.82) is 0 Å². The normalized spacial score (nSPS) is 10.7. The van der Waals surface area contributed by atoms with Crippen molar-refractivity contribution in [2.45, 2.75) is 26.9 Å². The molecule has 0 N–H and O–H groups in total. The van der Waals surface area contributed by atoms with Gasteiger partial charge in [0.05, 0.1) is 19.7 Å². The van der Waals surface area contributed by atoms with Crippen LogP contribution in [0.4, 0.5) is 0 Å². The molecular weight excluding hydrogens is 497 g/mol. The highest BCUT2D eigenvalue weighted by atomic mass is 16.6. The summed E-state index contributed by atoms with van der Waals surface area (Å²) in [6, 6.07) is 19.4. The molecule has 0 heterocycles. The largest absolute Gasteiger partial charge is 0.564 e. The van der Waals surface area contributed by atoms with E-state index in [9.17, 15) is 14.4 Å². The Hall–Kier alpha value is -3.95. The van der Waals surface area contributed by atoms with Crippen LogP contribution in [0, 0.1) is 13.8 Å². The van der Waals surface area contributed by atoms with Crippen LogP contribution in [-0.4, -0.2) is 64.4 Å². The predicted octanol–water partition coefficient (Wildman–Crippen LogP) is 3.53. The van der Waals surface area contributed by atoms with Crippen molar-refractivity contribution in [2.24, 2.45) is 0 Å². The van der Waals surface area contributed by atoms with Crippen LogP contribution in [0.5, 0.6) is 11.5 Å². The second kappa shape index (κ2) is 14.9. The monoisotopic (exact) mass is 531 g/mol. The van der Waals surface area contributed by atoms with E-state index < -0.39 is 13.1 Å². The van der Waals surface area contributed by atoms with Gasteiger partial charge in [0.25, 0.3) is 0 Å². The molecule has 0 radical (unpaired) electrons. The molecule has 3 aromatic rings. The third-order valence-electron chi connectivity index (χ3n) is 6.02. The number of carbonyl (C=O) groups excluding carboxylic acids is 3. The molecule has 0 unspecified atom stereocenters. The molecule has 9 heteroatoms. The lowest BCUT2D eigenvalue weighted by Crippen LogP contribution is -2.40. The van der Waals surface area contributed by atoms with E-state index >= 15 is 0 Å². The molecule has 0 spiro atoms. The molecule has 0 aliphatic rings. The van der Waals surface area contributed by atoms with Gasteiger partial charge in [-0.1, -0.05) is 30.3 Å². The van der Waals surface area contributed by atoms with Crippen molar-refractivity contribution in [2.75, 3.05) is 33.9 Å². The number of ether oxygens (including phenoxy) is 2. The number of benzene rings is 3. The van der Waals surface area contributed by atoms with Gasteiger partial charge in [0.1, 0.15) is 30.7 Å². The Labute approximate surface area is 230 Å². The van der Waals surface area contributed by atoms with Crippen LogP contribution in [-0.2, 0) is 30.3 Å². The minimum atomic E-state index is -0.860. The summed E-state index contributed by atoms with van der Waals surface area (Å²) in [6.45, 7) is 4.97. The summed E-state index contributed by atoms with van der Waals surface area (Å²) in [5.74, 6) is 0.937. The standard InChI is InChI=1S/C30H34BNO7/c1-22-17-28(37-16-6-14-33)18-23(2)30(22)25-8-5-7-24(19-25)21-38-27-11-9-26(10-12-27)31(36-4)39-29(35)20-32(3)13-15-34/h5,7-12,14-15,17-19H,6,13,16,20-21H2,1-4H3. The summed E-state index contributed by atoms with van der Waals surface area (Å²) in [6.07, 6.45) is 1.95. The molecular formula is C30H34BNO7. The Balaban J connectivity index is 1.63. The first kappa shape index (κ1) is 29.6. The Morgan fingerprint density at radius 3 is 2.28 bits per heavy atom. The number of carbonyl (C=O) groups is 3. The van der Waals surface area contributed by atoms with E-state index in [0.717, 1.165) is 46.1 Å². The Kier molecular flexibility index (Phi) is 11.3. The van der Waals surface area contributed by atoms with Crippen LogP contribution in [0.25, 0.3) is 11.1 Å². The van der Waals surface area contributed by atoms with Crippen molar-refractivity contribution >= 4 is 31.1 Å². The number of hydrogen-bond acceptors (Lipinski definition) is 8. The Morgan fingerprint density at radius 1 is 0.923 bits per heavy atom. The average Bonchev–Trinajstić information content (AvgIpc) is 2.91. The number of aryl methyl sites for hydroxylation is 2. The zero-order chi connectivity index (χ0) is 28.2. The first-order valence-corrected chi connectivity index (χ1v) is 12.7. The second-order valence-corrected chi connectivity index (χ2v) is 9.21. The van der Waals surface area contributed by atoms with Gasteiger partial charge < -0.3 is 28.4 Å². The summed E-state index contributed by atoms with van der Waals surface area (Å²) >= 11 is 0. The highest BCUT2D eigenvalue weighted by Gasteiger charge is 2.25. The van der Waals surface area contributed by atoms with Crippen molar-refractivity contribution in [3.05, 3.63) is 77.4 Å². The number of rotatable bonds is 15. The first-order valence-electron chi connectivity index (χ1n) is 12.7. The molecule has 0 fully saturated rings. The topological polar surface area (TPSA) is 91.4 Å². The lowest BCUT2D eigenvalue weighted by Gasteiger charge is -2.16. The smallest absolute Gasteiger partial charge is 0.505 e. The van der Waals surface area contributed by atoms with E-state index in [4.69, 9.17) is 18.8 Å². The fourth-order valence-corrected chi connectivity index (χ4v) is 4.21. The van der Waals surface area contributed by atoms with Gasteiger partial charge >= 0.3 is 13.1 Å². The number of hydrogen-bond donors (Lipinski definition) is 0. The van der Waals surface area contributed by atoms with Gasteiger partial charge in [-0.3, -0.25) is 9.69 Å². The molecule has 0 saturated heterocycles. The summed E-state index contributed by atoms with van der Waals surface area (Å²) < 4.78 is 22.4. The lowest BCUT2D eigenvalue weighted by atomic mass is 9.79. The van der Waals surface area contributed by atoms with Crippen molar-refractivity contribution in [1.82, 2.24) is 4.90 Å². The van der Waals surface area contributed by atoms with Crippen LogP contribution >= 0.6 is 0 Å². The predicted molar refractivity (Wildman–Crippen MR) is 150 cm³/mol. The van der Waals surface area contributed by atoms with Crippen LogP contribution in [0.3, 0.4) is 0 Å². The molecule has 0 aromatic heterocycles. The first-order chi connectivity index (χ1) is 18.8. The molecule has 3 rings (SSSR count). The summed E-state index contributed by atoms with van der Waals surface area (Å²) in [4.78, 5) is 34.8. The molecule has 0 aliphatic carbocycles. The van der Waals surface area contributed by atoms with Gasteiger partial charge in [0.2, 0.25) is 0 Å². The molecule has 0 bridgehead atoms. The summed E-state index contributed by atoms with van der Waals surface area (Å²) in [5, 5.41) is 0. The van der Waals surface area contributed by atoms with Gasteiger partial charge in [0.15, 0.2) is 0 Å². The summed E-state index contributed by atoms with van der Waals surface area (Å²) in [5.41, 5.74) is 6.10. The zero-order valence-electron chi connectivity index (χ0n) is 22.8. The number of aldehydes is 2. The maximum Gasteiger partial charge on any atom is 0.564 e. The van der Waals surface area contributed by atoms with Gasteiger partial charge in [-0.2, -0.15) is 0 Å². The summed E-state index contributed by atoms with van der Waals surface area (Å²) in [7, 11) is 2.26. The molecule has 0 amide bonds. The number of likely N-dealkylation sites (N-methyl/N-ethyl adjacent to an activating group) is 1. The van der Waals surface area contributed by atoms with E-state index in [1.807, 2.05) is 38.1 Å². The van der Waals surface area contributed by atoms with E-state index in [1.54, 1.807) is 36.2 Å². The molecule has 3 aromatic carbocycles. The molecule has 39 heavy (non-hydrogen) atoms. The molecule has 8 nitrogen and oxygen atoms in total. The highest BCUT2D eigenvalue weighted by Crippen LogP contribution is 2.31. The minimum Gasteiger partial charge on any atom is -0.505 e. The highest BCUT2D eigenvalue weighted by molar-refractivity contribution is 6.62. The van der Waals surface area contributed by atoms with Crippen LogP contribution in [0.1, 0.15) is 23.1 Å². The quantitative estimate of drug-likeness (QED) is 0.167. The maximum absolute atomic E-state index is 12.1. The third kappa shape index (κ3) is 8.80. The SMILES string of the molecule is COB(OC(=O)CN(C)CC=O)c1ccc(OCc2cccc(-c3c(C)cc(OCCC=O)cc3C)c2)cc1. The van der Waals surface area contributed by atoms with Crippen molar-refractivity contribution in [3.8, 4) is 22.6 Å². The minimum absolute atomic E-state index is 0.0166. The van der Waals surface area contributed by atoms with E-state index in [1.165, 1.54) is 7.11 Å². The number of nitrogens with zero attached hydrogens (tertiary/aromatic N) is 1. The third-order valence-corrected chi connectivity index (χ3v) is 6.02. The van der Waals surface area contributed by atoms with Gasteiger partial charge in [0, 0.05) is 13.5 Å². The van der Waals surface area contributed by atoms with Gasteiger partial charge in [-0.05, 0) is 84.5 Å². The van der Waals surface area contributed by atoms with Crippen molar-refractivity contribution in [3.63, 3.8) is 0 Å². The molecule has 0 saturated carbocycles. The van der Waals surface area contributed by atoms with Crippen LogP contribution in [0.15, 0.2) is 60.7 Å². The molecule has 204 valence electrons. The van der Waals surface area contributed by atoms with E-state index in [2.05, 4.69) is 12.1 Å². The Morgan fingerprint density at radius 2 is 1.64 bits per heavy atom. The fourth-order valence-electron chi connectivity index (χ4n) is 4.21. The lowest BCUT2D eigenvalue weighted by molar-refractivity contribution is -0.136. The zero-order valence-corrected chi connectivity index (χ0v) is 22.8. The molecule has 0 atom stereocenters.